The Hall–Kier alpha value is -3.75. The predicted octanol–water partition coefficient (Wildman–Crippen LogP) is 3.12. The Morgan fingerprint density at radius 3 is 2.81 bits per heavy atom. The van der Waals surface area contributed by atoms with Crippen molar-refractivity contribution in [3.63, 3.8) is 0 Å². The van der Waals surface area contributed by atoms with E-state index in [-0.39, 0.29) is 24.8 Å². The van der Waals surface area contributed by atoms with Gasteiger partial charge in [0.15, 0.2) is 0 Å². The van der Waals surface area contributed by atoms with Crippen LogP contribution in [0.25, 0.3) is 0 Å². The first-order valence-corrected chi connectivity index (χ1v) is 12.6. The van der Waals surface area contributed by atoms with Crippen LogP contribution in [0.1, 0.15) is 61.8 Å². The van der Waals surface area contributed by atoms with Gasteiger partial charge in [-0.1, -0.05) is 31.2 Å². The number of aliphatic carboxylic acids is 1. The van der Waals surface area contributed by atoms with Gasteiger partial charge in [0.25, 0.3) is 5.91 Å². The van der Waals surface area contributed by atoms with E-state index in [1.165, 1.54) is 5.56 Å². The Labute approximate surface area is 210 Å². The van der Waals surface area contributed by atoms with Crippen molar-refractivity contribution in [3.8, 4) is 0 Å². The van der Waals surface area contributed by atoms with E-state index in [2.05, 4.69) is 38.1 Å². The Morgan fingerprint density at radius 1 is 1.17 bits per heavy atom. The van der Waals surface area contributed by atoms with Crippen molar-refractivity contribution >= 4 is 35.0 Å². The van der Waals surface area contributed by atoms with Crippen LogP contribution in [0, 0.1) is 0 Å². The SMILES string of the molecule is CC1C(C(=O)NC(CCNC(=O)CCCCc2ccc3c(n2)NCCC3)C(=O)O)=Nc2ccccc21. The highest BCUT2D eigenvalue weighted by Gasteiger charge is 2.30. The van der Waals surface area contributed by atoms with E-state index >= 15 is 0 Å². The summed E-state index contributed by atoms with van der Waals surface area (Å²) in [5.74, 6) is -0.995. The Morgan fingerprint density at radius 2 is 2.00 bits per heavy atom. The zero-order valence-electron chi connectivity index (χ0n) is 20.5. The molecule has 0 spiro atoms. The number of carboxylic acid groups (broad SMARTS) is 1. The number of fused-ring (bicyclic) bond motifs is 2. The van der Waals surface area contributed by atoms with E-state index in [9.17, 15) is 19.5 Å². The topological polar surface area (TPSA) is 133 Å². The third kappa shape index (κ3) is 6.27. The molecule has 2 aromatic rings. The van der Waals surface area contributed by atoms with E-state index in [0.29, 0.717) is 12.1 Å². The van der Waals surface area contributed by atoms with Crippen LogP contribution >= 0.6 is 0 Å². The van der Waals surface area contributed by atoms with Gasteiger partial charge in [-0.2, -0.15) is 0 Å². The number of carboxylic acids is 1. The summed E-state index contributed by atoms with van der Waals surface area (Å²) in [5, 5.41) is 18.2. The van der Waals surface area contributed by atoms with Gasteiger partial charge >= 0.3 is 5.97 Å². The Balaban J connectivity index is 1.16. The number of hydrogen-bond acceptors (Lipinski definition) is 6. The molecule has 9 heteroatoms. The molecule has 0 bridgehead atoms. The van der Waals surface area contributed by atoms with Gasteiger partial charge in [0.2, 0.25) is 5.91 Å². The number of benzene rings is 1. The van der Waals surface area contributed by atoms with Crippen molar-refractivity contribution in [2.24, 2.45) is 4.99 Å². The molecule has 9 nitrogen and oxygen atoms in total. The third-order valence-corrected chi connectivity index (χ3v) is 6.68. The average molecular weight is 492 g/mol. The molecule has 2 atom stereocenters. The average Bonchev–Trinajstić information content (AvgIpc) is 3.22. The second kappa shape index (κ2) is 11.8. The van der Waals surface area contributed by atoms with E-state index in [1.807, 2.05) is 31.2 Å². The molecule has 0 fully saturated rings. The number of unbranched alkanes of at least 4 members (excludes halogenated alkanes) is 1. The Kier molecular flexibility index (Phi) is 8.30. The van der Waals surface area contributed by atoms with Crippen molar-refractivity contribution in [2.45, 2.75) is 63.8 Å². The first kappa shape index (κ1) is 25.3. The van der Waals surface area contributed by atoms with Gasteiger partial charge in [-0.15, -0.1) is 0 Å². The van der Waals surface area contributed by atoms with Crippen LogP contribution in [0.5, 0.6) is 0 Å². The van der Waals surface area contributed by atoms with Gasteiger partial charge in [0.05, 0.1) is 5.69 Å². The molecule has 2 amide bonds. The molecular weight excluding hydrogens is 458 g/mol. The molecule has 2 unspecified atom stereocenters. The summed E-state index contributed by atoms with van der Waals surface area (Å²) in [6.45, 7) is 2.99. The van der Waals surface area contributed by atoms with Gasteiger partial charge in [-0.05, 0) is 61.8 Å². The number of aromatic nitrogens is 1. The highest BCUT2D eigenvalue weighted by atomic mass is 16.4. The molecule has 36 heavy (non-hydrogen) atoms. The summed E-state index contributed by atoms with van der Waals surface area (Å²) in [7, 11) is 0. The number of nitrogens with zero attached hydrogens (tertiary/aromatic N) is 2. The molecule has 4 rings (SSSR count). The number of amides is 2. The number of rotatable bonds is 11. The molecule has 2 aliphatic heterocycles. The summed E-state index contributed by atoms with van der Waals surface area (Å²) >= 11 is 0. The van der Waals surface area contributed by atoms with Crippen LogP contribution in [0.3, 0.4) is 0 Å². The standard InChI is InChI=1S/C27H33N5O4/c1-17-20-9-3-4-10-21(20)31-24(17)26(34)32-22(27(35)36)14-16-28-23(33)11-5-2-8-19-13-12-18-7-6-15-29-25(18)30-19/h3-4,9-10,12-13,17,22H,2,5-8,11,14-16H2,1H3,(H,28,33)(H,29,30)(H,32,34)(H,35,36). The van der Waals surface area contributed by atoms with Crippen LogP contribution in [0.15, 0.2) is 41.4 Å². The number of anilines is 1. The molecule has 0 saturated heterocycles. The lowest BCUT2D eigenvalue weighted by Crippen LogP contribution is -2.46. The molecule has 3 heterocycles. The summed E-state index contributed by atoms with van der Waals surface area (Å²) in [4.78, 5) is 45.6. The zero-order chi connectivity index (χ0) is 25.5. The maximum atomic E-state index is 12.7. The molecule has 0 radical (unpaired) electrons. The number of para-hydroxylation sites is 1. The van der Waals surface area contributed by atoms with E-state index in [1.54, 1.807) is 0 Å². The van der Waals surface area contributed by atoms with Crippen molar-refractivity contribution in [2.75, 3.05) is 18.4 Å². The predicted molar refractivity (Wildman–Crippen MR) is 138 cm³/mol. The highest BCUT2D eigenvalue weighted by Crippen LogP contribution is 2.34. The van der Waals surface area contributed by atoms with Crippen LogP contribution < -0.4 is 16.0 Å². The lowest BCUT2D eigenvalue weighted by atomic mass is 9.97. The number of aryl methyl sites for hydroxylation is 2. The molecule has 0 saturated carbocycles. The minimum absolute atomic E-state index is 0.0907. The third-order valence-electron chi connectivity index (χ3n) is 6.68. The Bertz CT molecular complexity index is 1160. The molecule has 0 aliphatic carbocycles. The second-order valence-electron chi connectivity index (χ2n) is 9.33. The van der Waals surface area contributed by atoms with Gasteiger partial charge in [-0.25, -0.2) is 14.8 Å². The summed E-state index contributed by atoms with van der Waals surface area (Å²) in [6.07, 6.45) is 5.01. The monoisotopic (exact) mass is 491 g/mol. The fourth-order valence-corrected chi connectivity index (χ4v) is 4.61. The number of carbonyl (C=O) groups is 3. The minimum atomic E-state index is -1.14. The zero-order valence-corrected chi connectivity index (χ0v) is 20.5. The maximum Gasteiger partial charge on any atom is 0.326 e. The van der Waals surface area contributed by atoms with Gasteiger partial charge in [-0.3, -0.25) is 9.59 Å². The fraction of sp³-hybridized carbons (Fsp3) is 0.444. The van der Waals surface area contributed by atoms with Crippen LogP contribution in [-0.4, -0.2) is 52.7 Å². The number of nitrogens with one attached hydrogen (secondary N) is 3. The number of aliphatic imine (C=N–C) groups is 1. The molecular formula is C27H33N5O4. The number of carbonyl (C=O) groups excluding carboxylic acids is 2. The van der Waals surface area contributed by atoms with Crippen molar-refractivity contribution in [3.05, 3.63) is 53.2 Å². The molecule has 4 N–H and O–H groups in total. The minimum Gasteiger partial charge on any atom is -0.480 e. The summed E-state index contributed by atoms with van der Waals surface area (Å²) in [5.41, 5.74) is 4.26. The van der Waals surface area contributed by atoms with E-state index in [4.69, 9.17) is 0 Å². The van der Waals surface area contributed by atoms with Gasteiger partial charge in [0.1, 0.15) is 17.6 Å². The number of pyridine rings is 1. The van der Waals surface area contributed by atoms with Crippen molar-refractivity contribution in [1.82, 2.24) is 15.6 Å². The lowest BCUT2D eigenvalue weighted by molar-refractivity contribution is -0.141. The molecule has 190 valence electrons. The maximum absolute atomic E-state index is 12.7. The fourth-order valence-electron chi connectivity index (χ4n) is 4.61. The van der Waals surface area contributed by atoms with Crippen molar-refractivity contribution in [1.29, 1.82) is 0 Å². The summed E-state index contributed by atoms with van der Waals surface area (Å²) in [6, 6.07) is 10.6. The normalized spacial score (nSPS) is 16.7. The van der Waals surface area contributed by atoms with Crippen LogP contribution in [0.2, 0.25) is 0 Å². The first-order valence-electron chi connectivity index (χ1n) is 12.6. The number of hydrogen-bond donors (Lipinski definition) is 4. The van der Waals surface area contributed by atoms with Crippen LogP contribution in [-0.2, 0) is 27.2 Å². The molecule has 1 aromatic carbocycles. The van der Waals surface area contributed by atoms with Crippen molar-refractivity contribution < 1.29 is 19.5 Å². The van der Waals surface area contributed by atoms with Crippen LogP contribution in [0.4, 0.5) is 11.5 Å². The van der Waals surface area contributed by atoms with Gasteiger partial charge < -0.3 is 21.1 Å². The summed E-state index contributed by atoms with van der Waals surface area (Å²) < 4.78 is 0. The second-order valence-corrected chi connectivity index (χ2v) is 9.33. The molecule has 2 aliphatic rings. The lowest BCUT2D eigenvalue weighted by Gasteiger charge is -2.17. The largest absolute Gasteiger partial charge is 0.480 e. The molecule has 1 aromatic heterocycles. The smallest absolute Gasteiger partial charge is 0.326 e. The van der Waals surface area contributed by atoms with Gasteiger partial charge in [0, 0.05) is 31.1 Å². The first-order chi connectivity index (χ1) is 17.4. The highest BCUT2D eigenvalue weighted by molar-refractivity contribution is 6.42. The van der Waals surface area contributed by atoms with E-state index < -0.39 is 17.9 Å². The van der Waals surface area contributed by atoms with E-state index in [0.717, 1.165) is 61.4 Å². The quantitative estimate of drug-likeness (QED) is 0.357.